The summed E-state index contributed by atoms with van der Waals surface area (Å²) in [5.41, 5.74) is 0.527. The first-order valence-corrected chi connectivity index (χ1v) is 10.2. The standard InChI is InChI=1S/C17H24N4O3S.ClH/c1-2-11-21(13-7-9-18-10-8-13)16(22)12-19-17-14-5-3-4-6-15(14)25(23,24)20-17;/h3-6,13,18H,2,7-12H2,1H3,(H,19,20);1H. The maximum atomic E-state index is 12.7. The zero-order valence-corrected chi connectivity index (χ0v) is 16.4. The number of sulfonamides is 1. The van der Waals surface area contributed by atoms with E-state index in [0.29, 0.717) is 12.1 Å². The third-order valence-electron chi connectivity index (χ3n) is 4.57. The molecule has 7 nitrogen and oxygen atoms in total. The first-order valence-electron chi connectivity index (χ1n) is 8.70. The Morgan fingerprint density at radius 3 is 2.65 bits per heavy atom. The van der Waals surface area contributed by atoms with Crippen molar-refractivity contribution in [2.45, 2.75) is 37.1 Å². The third-order valence-corrected chi connectivity index (χ3v) is 5.97. The van der Waals surface area contributed by atoms with Gasteiger partial charge in [0.2, 0.25) is 5.91 Å². The normalized spacial score (nSPS) is 20.1. The smallest absolute Gasteiger partial charge is 0.263 e. The van der Waals surface area contributed by atoms with Crippen molar-refractivity contribution in [2.24, 2.45) is 4.99 Å². The van der Waals surface area contributed by atoms with E-state index in [2.05, 4.69) is 22.0 Å². The number of rotatable bonds is 5. The number of carbonyl (C=O) groups excluding carboxylic acids is 1. The zero-order chi connectivity index (χ0) is 17.9. The second-order valence-corrected chi connectivity index (χ2v) is 7.99. The van der Waals surface area contributed by atoms with Crippen molar-refractivity contribution in [1.82, 2.24) is 14.9 Å². The molecule has 1 amide bonds. The maximum absolute atomic E-state index is 12.7. The van der Waals surface area contributed by atoms with Crippen LogP contribution in [0.4, 0.5) is 0 Å². The summed E-state index contributed by atoms with van der Waals surface area (Å²) < 4.78 is 26.6. The average molecular weight is 401 g/mol. The van der Waals surface area contributed by atoms with Crippen molar-refractivity contribution in [1.29, 1.82) is 0 Å². The van der Waals surface area contributed by atoms with Gasteiger partial charge >= 0.3 is 0 Å². The maximum Gasteiger partial charge on any atom is 0.263 e. The fourth-order valence-corrected chi connectivity index (χ4v) is 4.61. The molecule has 1 aromatic rings. The summed E-state index contributed by atoms with van der Waals surface area (Å²) >= 11 is 0. The van der Waals surface area contributed by atoms with Gasteiger partial charge in [0.1, 0.15) is 12.4 Å². The van der Waals surface area contributed by atoms with Crippen LogP contribution in [0.15, 0.2) is 34.2 Å². The Morgan fingerprint density at radius 1 is 1.27 bits per heavy atom. The predicted molar refractivity (Wildman–Crippen MR) is 103 cm³/mol. The summed E-state index contributed by atoms with van der Waals surface area (Å²) in [5.74, 6) is 0.204. The van der Waals surface area contributed by atoms with E-state index in [1.54, 1.807) is 24.3 Å². The van der Waals surface area contributed by atoms with E-state index >= 15 is 0 Å². The number of aliphatic imine (C=N–C) groups is 1. The van der Waals surface area contributed by atoms with Gasteiger partial charge in [0.05, 0.1) is 4.90 Å². The number of halogens is 1. The van der Waals surface area contributed by atoms with E-state index in [9.17, 15) is 13.2 Å². The lowest BCUT2D eigenvalue weighted by Crippen LogP contribution is -2.47. The Morgan fingerprint density at radius 2 is 1.96 bits per heavy atom. The van der Waals surface area contributed by atoms with Gasteiger partial charge in [-0.15, -0.1) is 12.4 Å². The van der Waals surface area contributed by atoms with Crippen LogP contribution in [0, 0.1) is 0 Å². The molecular weight excluding hydrogens is 376 g/mol. The Hall–Kier alpha value is -1.64. The van der Waals surface area contributed by atoms with Gasteiger partial charge in [-0.2, -0.15) is 0 Å². The second-order valence-electron chi connectivity index (χ2n) is 6.33. The van der Waals surface area contributed by atoms with Crippen molar-refractivity contribution in [3.63, 3.8) is 0 Å². The predicted octanol–water partition coefficient (Wildman–Crippen LogP) is 1.14. The lowest BCUT2D eigenvalue weighted by molar-refractivity contribution is -0.132. The molecule has 0 unspecified atom stereocenters. The van der Waals surface area contributed by atoms with E-state index in [1.807, 2.05) is 4.90 Å². The molecule has 1 aromatic carbocycles. The molecule has 0 spiro atoms. The highest BCUT2D eigenvalue weighted by atomic mass is 35.5. The summed E-state index contributed by atoms with van der Waals surface area (Å²) in [6, 6.07) is 6.91. The summed E-state index contributed by atoms with van der Waals surface area (Å²) in [4.78, 5) is 19.1. The van der Waals surface area contributed by atoms with Crippen molar-refractivity contribution >= 4 is 34.2 Å². The van der Waals surface area contributed by atoms with Crippen LogP contribution in [0.25, 0.3) is 0 Å². The molecule has 0 atom stereocenters. The fraction of sp³-hybridized carbons (Fsp3) is 0.529. The number of carbonyl (C=O) groups is 1. The number of nitrogens with zero attached hydrogens (tertiary/aromatic N) is 2. The van der Waals surface area contributed by atoms with Crippen LogP contribution in [0.5, 0.6) is 0 Å². The molecule has 0 bridgehead atoms. The molecule has 0 aromatic heterocycles. The molecule has 26 heavy (non-hydrogen) atoms. The minimum Gasteiger partial charge on any atom is -0.338 e. The molecule has 9 heteroatoms. The number of hydrogen-bond donors (Lipinski definition) is 2. The number of amidine groups is 1. The van der Waals surface area contributed by atoms with E-state index in [-0.39, 0.29) is 41.6 Å². The van der Waals surface area contributed by atoms with Gasteiger partial charge in [-0.25, -0.2) is 8.42 Å². The molecule has 2 aliphatic heterocycles. The Kier molecular flexibility index (Phi) is 7.02. The molecule has 1 saturated heterocycles. The summed E-state index contributed by atoms with van der Waals surface area (Å²) in [6.07, 6.45) is 2.78. The van der Waals surface area contributed by atoms with Crippen LogP contribution in [0.1, 0.15) is 31.7 Å². The van der Waals surface area contributed by atoms with Crippen LogP contribution in [0.2, 0.25) is 0 Å². The highest BCUT2D eigenvalue weighted by Crippen LogP contribution is 2.22. The lowest BCUT2D eigenvalue weighted by Gasteiger charge is -2.34. The average Bonchev–Trinajstić information content (AvgIpc) is 2.89. The van der Waals surface area contributed by atoms with Gasteiger partial charge in [0.25, 0.3) is 10.0 Å². The largest absolute Gasteiger partial charge is 0.338 e. The van der Waals surface area contributed by atoms with Gasteiger partial charge in [-0.05, 0) is 44.5 Å². The van der Waals surface area contributed by atoms with Gasteiger partial charge in [-0.1, -0.05) is 19.1 Å². The molecule has 0 aliphatic carbocycles. The Balaban J connectivity index is 0.00000243. The zero-order valence-electron chi connectivity index (χ0n) is 14.8. The van der Waals surface area contributed by atoms with Crippen molar-refractivity contribution in [3.05, 3.63) is 29.8 Å². The molecule has 0 radical (unpaired) electrons. The van der Waals surface area contributed by atoms with Gasteiger partial charge in [0.15, 0.2) is 0 Å². The molecule has 144 valence electrons. The highest BCUT2D eigenvalue weighted by molar-refractivity contribution is 7.90. The SMILES string of the molecule is CCCN(C(=O)CN=C1NS(=O)(=O)c2ccccc21)C1CCNCC1.Cl. The number of fused-ring (bicyclic) bond motifs is 1. The van der Waals surface area contributed by atoms with E-state index < -0.39 is 10.0 Å². The minimum absolute atomic E-state index is 0. The number of nitrogens with one attached hydrogen (secondary N) is 2. The van der Waals surface area contributed by atoms with E-state index in [1.165, 1.54) is 0 Å². The third kappa shape index (κ3) is 4.36. The monoisotopic (exact) mass is 400 g/mol. The van der Waals surface area contributed by atoms with Crippen LogP contribution >= 0.6 is 12.4 Å². The molecule has 2 N–H and O–H groups in total. The molecule has 2 heterocycles. The van der Waals surface area contributed by atoms with Crippen LogP contribution in [-0.2, 0) is 14.8 Å². The van der Waals surface area contributed by atoms with Gasteiger partial charge in [0, 0.05) is 18.2 Å². The summed E-state index contributed by atoms with van der Waals surface area (Å²) in [5, 5.41) is 3.31. The highest BCUT2D eigenvalue weighted by Gasteiger charge is 2.31. The molecule has 1 fully saturated rings. The van der Waals surface area contributed by atoms with Crippen LogP contribution < -0.4 is 10.0 Å². The number of piperidine rings is 1. The van der Waals surface area contributed by atoms with Crippen LogP contribution in [0.3, 0.4) is 0 Å². The van der Waals surface area contributed by atoms with Gasteiger partial charge in [-0.3, -0.25) is 14.5 Å². The van der Waals surface area contributed by atoms with Crippen molar-refractivity contribution in [3.8, 4) is 0 Å². The first-order chi connectivity index (χ1) is 12.0. The molecule has 3 rings (SSSR count). The number of hydrogen-bond acceptors (Lipinski definition) is 5. The van der Waals surface area contributed by atoms with E-state index in [0.717, 1.165) is 32.4 Å². The van der Waals surface area contributed by atoms with Crippen molar-refractivity contribution < 1.29 is 13.2 Å². The topological polar surface area (TPSA) is 90.9 Å². The van der Waals surface area contributed by atoms with Gasteiger partial charge < -0.3 is 10.2 Å². The minimum atomic E-state index is -3.57. The lowest BCUT2D eigenvalue weighted by atomic mass is 10.0. The quantitative estimate of drug-likeness (QED) is 0.775. The molecule has 2 aliphatic rings. The Labute approximate surface area is 160 Å². The fourth-order valence-electron chi connectivity index (χ4n) is 3.36. The summed E-state index contributed by atoms with van der Waals surface area (Å²) in [6.45, 7) is 4.54. The van der Waals surface area contributed by atoms with E-state index in [4.69, 9.17) is 0 Å². The first kappa shape index (κ1) is 20.7. The number of benzene rings is 1. The second kappa shape index (κ2) is 8.83. The van der Waals surface area contributed by atoms with Crippen LogP contribution in [-0.4, -0.2) is 57.3 Å². The number of amides is 1. The van der Waals surface area contributed by atoms with Crippen molar-refractivity contribution in [2.75, 3.05) is 26.2 Å². The summed E-state index contributed by atoms with van der Waals surface area (Å²) in [7, 11) is -3.57. The Bertz CT molecular complexity index is 776. The molecule has 0 saturated carbocycles. The molecular formula is C17H25ClN4O3S.